The van der Waals surface area contributed by atoms with Gasteiger partial charge in [-0.2, -0.15) is 23.3 Å². The molecule has 9 rings (SSSR count). The number of H-pyrrole nitrogens is 1. The molecule has 10 nitrogen and oxygen atoms in total. The summed E-state index contributed by atoms with van der Waals surface area (Å²) in [7, 11) is 0. The lowest BCUT2D eigenvalue weighted by Gasteiger charge is -2.54. The molecule has 278 valence electrons. The third-order valence-electron chi connectivity index (χ3n) is 12.0. The smallest absolute Gasteiger partial charge is 0.422 e. The molecule has 1 spiro atoms. The Morgan fingerprint density at radius 2 is 1.81 bits per heavy atom. The Balaban J connectivity index is 1.21. The summed E-state index contributed by atoms with van der Waals surface area (Å²) in [4.78, 5) is 31.6. The highest BCUT2D eigenvalue weighted by Gasteiger charge is 2.58. The quantitative estimate of drug-likeness (QED) is 0.155. The SMILES string of the molecule is C=CC(=O)N1C/C=C/CN(c2nc(N3CC(N4CCC45CC5)C3)nc3c(OCC(F)(F)F)c(-c4c(C)ccc5[nH]ncc45)c(C4CC4)cc23)CCCC1. The first kappa shape index (κ1) is 34.1. The van der Waals surface area contributed by atoms with Gasteiger partial charge in [-0.05, 0) is 92.7 Å². The van der Waals surface area contributed by atoms with Crippen molar-refractivity contribution in [3.63, 3.8) is 0 Å². The number of hydrogen-bond acceptors (Lipinski definition) is 8. The number of aromatic amines is 1. The number of nitrogens with one attached hydrogen (secondary N) is 1. The number of aryl methyl sites for hydroxylation is 1. The fraction of sp³-hybridized carbons (Fsp3) is 0.500. The van der Waals surface area contributed by atoms with Gasteiger partial charge in [-0.15, -0.1) is 0 Å². The molecule has 2 aromatic heterocycles. The zero-order valence-corrected chi connectivity index (χ0v) is 30.1. The van der Waals surface area contributed by atoms with Crippen LogP contribution < -0.4 is 14.5 Å². The number of fused-ring (bicyclic) bond motifs is 2. The minimum atomic E-state index is -4.55. The Hall–Kier alpha value is -4.65. The summed E-state index contributed by atoms with van der Waals surface area (Å²) in [6.45, 7) is 9.12. The number of halogens is 3. The second-order valence-electron chi connectivity index (χ2n) is 15.5. The molecule has 0 bridgehead atoms. The van der Waals surface area contributed by atoms with Gasteiger partial charge < -0.3 is 19.4 Å². The van der Waals surface area contributed by atoms with E-state index in [-0.39, 0.29) is 17.6 Å². The van der Waals surface area contributed by atoms with Crippen LogP contribution in [0.4, 0.5) is 24.9 Å². The van der Waals surface area contributed by atoms with Crippen LogP contribution in [0.2, 0.25) is 0 Å². The van der Waals surface area contributed by atoms with Crippen molar-refractivity contribution < 1.29 is 22.7 Å². The van der Waals surface area contributed by atoms with Crippen molar-refractivity contribution in [3.05, 3.63) is 60.3 Å². The molecular weight excluding hydrogens is 681 g/mol. The topological polar surface area (TPSA) is 93.7 Å². The van der Waals surface area contributed by atoms with Gasteiger partial charge in [0, 0.05) is 73.7 Å². The van der Waals surface area contributed by atoms with Gasteiger partial charge in [-0.3, -0.25) is 14.8 Å². The fourth-order valence-electron chi connectivity index (χ4n) is 8.68. The van der Waals surface area contributed by atoms with Gasteiger partial charge in [-0.1, -0.05) is 24.8 Å². The van der Waals surface area contributed by atoms with Crippen LogP contribution in [-0.2, 0) is 4.79 Å². The average molecular weight is 727 g/mol. The van der Waals surface area contributed by atoms with Crippen LogP contribution in [0.25, 0.3) is 32.9 Å². The van der Waals surface area contributed by atoms with Crippen LogP contribution >= 0.6 is 0 Å². The van der Waals surface area contributed by atoms with Gasteiger partial charge in [0.1, 0.15) is 11.3 Å². The Morgan fingerprint density at radius 3 is 2.53 bits per heavy atom. The van der Waals surface area contributed by atoms with Gasteiger partial charge in [0.05, 0.1) is 11.7 Å². The summed E-state index contributed by atoms with van der Waals surface area (Å²) in [5.41, 5.74) is 4.94. The van der Waals surface area contributed by atoms with Crippen molar-refractivity contribution in [3.8, 4) is 16.9 Å². The molecule has 3 aliphatic heterocycles. The molecule has 4 fully saturated rings. The van der Waals surface area contributed by atoms with Crippen molar-refractivity contribution in [2.45, 2.75) is 75.5 Å². The number of carbonyl (C=O) groups is 1. The molecule has 0 unspecified atom stereocenters. The molecule has 53 heavy (non-hydrogen) atoms. The maximum Gasteiger partial charge on any atom is 0.422 e. The van der Waals surface area contributed by atoms with E-state index in [4.69, 9.17) is 14.7 Å². The predicted octanol–water partition coefficient (Wildman–Crippen LogP) is 6.90. The first-order chi connectivity index (χ1) is 25.6. The third kappa shape index (κ3) is 6.30. The number of nitrogens with zero attached hydrogens (tertiary/aromatic N) is 7. The number of alkyl halides is 3. The number of likely N-dealkylation sites (tertiary alicyclic amines) is 1. The van der Waals surface area contributed by atoms with Crippen LogP contribution in [0.15, 0.2) is 49.2 Å². The number of carbonyl (C=O) groups excluding carboxylic acids is 1. The number of aromatic nitrogens is 4. The second kappa shape index (κ2) is 13.0. The largest absolute Gasteiger partial charge is 0.481 e. The second-order valence-corrected chi connectivity index (χ2v) is 15.5. The molecule has 1 amide bonds. The van der Waals surface area contributed by atoms with E-state index in [1.807, 2.05) is 31.2 Å². The van der Waals surface area contributed by atoms with Crippen molar-refractivity contribution in [1.82, 2.24) is 30.0 Å². The Kier molecular flexibility index (Phi) is 8.39. The number of anilines is 2. The van der Waals surface area contributed by atoms with Crippen LogP contribution in [0, 0.1) is 6.92 Å². The average Bonchev–Trinajstić information content (AvgIpc) is 4.06. The minimum Gasteiger partial charge on any atom is -0.481 e. The first-order valence-corrected chi connectivity index (χ1v) is 19.0. The Bertz CT molecular complexity index is 2110. The molecule has 2 aromatic carbocycles. The van der Waals surface area contributed by atoms with E-state index < -0.39 is 12.8 Å². The lowest BCUT2D eigenvalue weighted by molar-refractivity contribution is -0.153. The number of hydrogen-bond donors (Lipinski definition) is 1. The number of benzene rings is 2. The molecule has 0 atom stereocenters. The van der Waals surface area contributed by atoms with Crippen molar-refractivity contribution in [2.24, 2.45) is 0 Å². The molecule has 5 aliphatic rings. The Labute approximate surface area is 306 Å². The van der Waals surface area contributed by atoms with Crippen LogP contribution in [0.1, 0.15) is 62.0 Å². The highest BCUT2D eigenvalue weighted by Crippen LogP contribution is 2.55. The maximum absolute atomic E-state index is 14.1. The summed E-state index contributed by atoms with van der Waals surface area (Å²) in [6.07, 6.45) is 9.81. The molecule has 2 aliphatic carbocycles. The lowest BCUT2D eigenvalue weighted by Crippen LogP contribution is -2.67. The first-order valence-electron chi connectivity index (χ1n) is 19.0. The van der Waals surface area contributed by atoms with Gasteiger partial charge in [0.25, 0.3) is 0 Å². The molecule has 2 saturated heterocycles. The summed E-state index contributed by atoms with van der Waals surface area (Å²) in [5.74, 6) is 1.44. The van der Waals surface area contributed by atoms with Gasteiger partial charge in [0.2, 0.25) is 11.9 Å². The molecule has 0 radical (unpaired) electrons. The molecular formula is C40H45F3N8O2. The van der Waals surface area contributed by atoms with E-state index in [1.165, 1.54) is 25.3 Å². The van der Waals surface area contributed by atoms with Crippen LogP contribution in [0.5, 0.6) is 5.75 Å². The van der Waals surface area contributed by atoms with E-state index in [9.17, 15) is 18.0 Å². The highest BCUT2D eigenvalue weighted by molar-refractivity contribution is 6.06. The van der Waals surface area contributed by atoms with Gasteiger partial charge >= 0.3 is 6.18 Å². The van der Waals surface area contributed by atoms with Gasteiger partial charge in [-0.25, -0.2) is 4.98 Å². The standard InChI is InChI=1S/C40H45F3N8O2/c1-3-32(52)48-15-4-6-17-49(18-7-5-16-48)37-29-20-28(26-9-10-26)34(33-25(2)8-11-31-30(33)21-44-47-31)36(53-24-40(41,42)43)35(29)45-38(46-37)50-22-27(23-50)51-19-14-39(51)12-13-39/h3-4,6,8,11,20-21,26-27H,1,5,7,9-10,12-19,22-24H2,2H3,(H,44,47)/b6-4+. The number of amides is 1. The summed E-state index contributed by atoms with van der Waals surface area (Å²) < 4.78 is 48.4. The van der Waals surface area contributed by atoms with Crippen LogP contribution in [-0.4, -0.2) is 106 Å². The monoisotopic (exact) mass is 726 g/mol. The maximum atomic E-state index is 14.1. The molecule has 4 aromatic rings. The van der Waals surface area contributed by atoms with E-state index in [0.29, 0.717) is 66.0 Å². The van der Waals surface area contributed by atoms with E-state index >= 15 is 0 Å². The summed E-state index contributed by atoms with van der Waals surface area (Å²) in [6, 6.07) is 6.47. The van der Waals surface area contributed by atoms with Crippen LogP contribution in [0.3, 0.4) is 0 Å². The van der Waals surface area contributed by atoms with Crippen molar-refractivity contribution in [2.75, 3.05) is 62.2 Å². The highest BCUT2D eigenvalue weighted by atomic mass is 19.4. The fourth-order valence-corrected chi connectivity index (χ4v) is 8.68. The van der Waals surface area contributed by atoms with Crippen molar-refractivity contribution in [1.29, 1.82) is 0 Å². The van der Waals surface area contributed by atoms with E-state index in [0.717, 1.165) is 72.9 Å². The Morgan fingerprint density at radius 1 is 1.02 bits per heavy atom. The minimum absolute atomic E-state index is 0.0895. The van der Waals surface area contributed by atoms with E-state index in [1.54, 1.807) is 11.1 Å². The summed E-state index contributed by atoms with van der Waals surface area (Å²) >= 11 is 0. The number of ether oxygens (including phenoxy) is 1. The molecule has 2 saturated carbocycles. The molecule has 13 heteroatoms. The van der Waals surface area contributed by atoms with Gasteiger partial charge in [0.15, 0.2) is 12.4 Å². The van der Waals surface area contributed by atoms with E-state index in [2.05, 4.69) is 37.5 Å². The molecule has 1 N–H and O–H groups in total. The summed E-state index contributed by atoms with van der Waals surface area (Å²) in [5, 5.41) is 8.87. The normalized spacial score (nSPS) is 21.5. The third-order valence-corrected chi connectivity index (χ3v) is 12.0. The predicted molar refractivity (Wildman–Crippen MR) is 200 cm³/mol. The molecule has 5 heterocycles. The zero-order chi connectivity index (χ0) is 36.5. The van der Waals surface area contributed by atoms with Crippen molar-refractivity contribution >= 4 is 39.5 Å². The zero-order valence-electron chi connectivity index (χ0n) is 30.1. The number of rotatable bonds is 8. The lowest BCUT2D eigenvalue weighted by atomic mass is 9.89.